The van der Waals surface area contributed by atoms with Crippen molar-refractivity contribution < 1.29 is 18.1 Å². The topological polar surface area (TPSA) is 87.5 Å². The second-order valence-corrected chi connectivity index (χ2v) is 4.48. The number of aromatic hydroxyl groups is 1. The second-order valence-electron chi connectivity index (χ2n) is 2.09. The van der Waals surface area contributed by atoms with Crippen LogP contribution in [0, 0.1) is 0 Å². The van der Waals surface area contributed by atoms with Gasteiger partial charge in [0.1, 0.15) is 5.75 Å². The molecule has 0 aliphatic carbocycles. The van der Waals surface area contributed by atoms with Crippen LogP contribution in [-0.4, -0.2) is 29.3 Å². The molecule has 13 heavy (non-hydrogen) atoms. The van der Waals surface area contributed by atoms with Crippen molar-refractivity contribution >= 4 is 26.0 Å². The van der Waals surface area contributed by atoms with E-state index in [1.54, 1.807) is 12.3 Å². The minimum atomic E-state index is -3.67. The maximum Gasteiger partial charge on any atom is 0.261 e. The van der Waals surface area contributed by atoms with Gasteiger partial charge >= 0.3 is 0 Å². The standard InChI is InChI=1S/C5H4BrNO.CH4O3S/c6-4-1-5(8)3-7-2-4;1-5(2,3)4/h1-3,8H;1H3,(H,2,3,4). The van der Waals surface area contributed by atoms with Gasteiger partial charge in [0.25, 0.3) is 10.1 Å². The third-order valence-electron chi connectivity index (χ3n) is 0.690. The van der Waals surface area contributed by atoms with E-state index in [-0.39, 0.29) is 5.75 Å². The zero-order valence-corrected chi connectivity index (χ0v) is 9.08. The molecule has 1 heterocycles. The van der Waals surface area contributed by atoms with Crippen molar-refractivity contribution in [1.82, 2.24) is 4.98 Å². The Balaban J connectivity index is 0.000000252. The third kappa shape index (κ3) is 11.3. The van der Waals surface area contributed by atoms with Gasteiger partial charge in [-0.15, -0.1) is 0 Å². The molecule has 0 atom stereocenters. The molecule has 0 radical (unpaired) electrons. The number of halogens is 1. The van der Waals surface area contributed by atoms with Crippen molar-refractivity contribution in [2.24, 2.45) is 0 Å². The summed E-state index contributed by atoms with van der Waals surface area (Å²) in [6.07, 6.45) is 3.71. The summed E-state index contributed by atoms with van der Waals surface area (Å²) in [6, 6.07) is 1.58. The van der Waals surface area contributed by atoms with Crippen LogP contribution in [0.2, 0.25) is 0 Å². The molecule has 0 spiro atoms. The SMILES string of the molecule is CS(=O)(=O)O.Oc1cncc(Br)c1. The zero-order valence-electron chi connectivity index (χ0n) is 6.68. The number of pyridine rings is 1. The Morgan fingerprint density at radius 3 is 2.15 bits per heavy atom. The predicted molar refractivity (Wildman–Crippen MR) is 51.1 cm³/mol. The van der Waals surface area contributed by atoms with Crippen molar-refractivity contribution in [2.75, 3.05) is 6.26 Å². The molecular weight excluding hydrogens is 262 g/mol. The molecule has 0 aliphatic rings. The minimum Gasteiger partial charge on any atom is -0.506 e. The molecule has 2 N–H and O–H groups in total. The Morgan fingerprint density at radius 1 is 1.46 bits per heavy atom. The number of rotatable bonds is 0. The molecule has 0 amide bonds. The highest BCUT2D eigenvalue weighted by Crippen LogP contribution is 2.12. The van der Waals surface area contributed by atoms with Gasteiger partial charge in [-0.1, -0.05) is 0 Å². The van der Waals surface area contributed by atoms with Gasteiger partial charge in [0.15, 0.2) is 0 Å². The summed E-state index contributed by atoms with van der Waals surface area (Å²) in [5.74, 6) is 0.180. The van der Waals surface area contributed by atoms with E-state index >= 15 is 0 Å². The summed E-state index contributed by atoms with van der Waals surface area (Å²) in [6.45, 7) is 0. The Kier molecular flexibility index (Phi) is 4.89. The van der Waals surface area contributed by atoms with Gasteiger partial charge in [0, 0.05) is 10.7 Å². The maximum atomic E-state index is 9.19. The summed E-state index contributed by atoms with van der Waals surface area (Å²) >= 11 is 3.14. The van der Waals surface area contributed by atoms with Gasteiger partial charge in [0.05, 0.1) is 12.5 Å². The number of hydrogen-bond donors (Lipinski definition) is 2. The molecule has 0 aromatic carbocycles. The first-order valence-electron chi connectivity index (χ1n) is 3.01. The van der Waals surface area contributed by atoms with Crippen LogP contribution in [0.1, 0.15) is 0 Å². The van der Waals surface area contributed by atoms with E-state index in [1.807, 2.05) is 0 Å². The van der Waals surface area contributed by atoms with Crippen molar-refractivity contribution in [2.45, 2.75) is 0 Å². The van der Waals surface area contributed by atoms with Crippen LogP contribution >= 0.6 is 15.9 Å². The van der Waals surface area contributed by atoms with Crippen LogP contribution in [0.4, 0.5) is 0 Å². The van der Waals surface area contributed by atoms with Crippen molar-refractivity contribution in [3.05, 3.63) is 22.9 Å². The van der Waals surface area contributed by atoms with E-state index in [9.17, 15) is 8.42 Å². The fourth-order valence-electron chi connectivity index (χ4n) is 0.401. The van der Waals surface area contributed by atoms with Gasteiger partial charge in [-0.2, -0.15) is 8.42 Å². The third-order valence-corrected chi connectivity index (χ3v) is 1.12. The van der Waals surface area contributed by atoms with E-state index in [2.05, 4.69) is 20.9 Å². The lowest BCUT2D eigenvalue weighted by molar-refractivity contribution is 0.472. The molecule has 0 unspecified atom stereocenters. The van der Waals surface area contributed by atoms with Gasteiger partial charge < -0.3 is 5.11 Å². The largest absolute Gasteiger partial charge is 0.506 e. The molecule has 1 aromatic rings. The molecule has 74 valence electrons. The first-order valence-corrected chi connectivity index (χ1v) is 5.65. The Labute approximate surface area is 84.3 Å². The average Bonchev–Trinajstić information content (AvgIpc) is 1.81. The molecule has 7 heteroatoms. The highest BCUT2D eigenvalue weighted by molar-refractivity contribution is 9.10. The first-order chi connectivity index (χ1) is 5.79. The minimum absolute atomic E-state index is 0.180. The van der Waals surface area contributed by atoms with Gasteiger partial charge in [0.2, 0.25) is 0 Å². The van der Waals surface area contributed by atoms with Crippen LogP contribution in [0.5, 0.6) is 5.75 Å². The van der Waals surface area contributed by atoms with Crippen LogP contribution in [0.25, 0.3) is 0 Å². The lowest BCUT2D eigenvalue weighted by Crippen LogP contribution is -1.88. The first kappa shape index (κ1) is 12.3. The van der Waals surface area contributed by atoms with Crippen molar-refractivity contribution in [3.8, 4) is 5.75 Å². The van der Waals surface area contributed by atoms with Crippen LogP contribution in [-0.2, 0) is 10.1 Å². The predicted octanol–water partition coefficient (Wildman–Crippen LogP) is 1.05. The van der Waals surface area contributed by atoms with Crippen molar-refractivity contribution in [3.63, 3.8) is 0 Å². The monoisotopic (exact) mass is 269 g/mol. The fraction of sp³-hybridized carbons (Fsp3) is 0.167. The highest BCUT2D eigenvalue weighted by atomic mass is 79.9. The maximum absolute atomic E-state index is 9.19. The van der Waals surface area contributed by atoms with E-state index < -0.39 is 10.1 Å². The zero-order chi connectivity index (χ0) is 10.5. The fourth-order valence-corrected chi connectivity index (χ4v) is 0.753. The summed E-state index contributed by atoms with van der Waals surface area (Å²) in [7, 11) is -3.67. The molecule has 0 aliphatic heterocycles. The van der Waals surface area contributed by atoms with Crippen LogP contribution in [0.15, 0.2) is 22.9 Å². The van der Waals surface area contributed by atoms with E-state index in [1.165, 1.54) is 6.20 Å². The quantitative estimate of drug-likeness (QED) is 0.688. The normalized spacial score (nSPS) is 10.1. The number of hydrogen-bond acceptors (Lipinski definition) is 4. The van der Waals surface area contributed by atoms with E-state index in [4.69, 9.17) is 9.66 Å². The molecule has 1 aromatic heterocycles. The van der Waals surface area contributed by atoms with Crippen molar-refractivity contribution in [1.29, 1.82) is 0 Å². The molecule has 1 rings (SSSR count). The van der Waals surface area contributed by atoms with E-state index in [0.717, 1.165) is 4.47 Å². The Hall–Kier alpha value is -0.660. The highest BCUT2D eigenvalue weighted by Gasteiger charge is 1.86. The van der Waals surface area contributed by atoms with Gasteiger partial charge in [-0.3, -0.25) is 9.54 Å². The molecule has 0 fully saturated rings. The Morgan fingerprint density at radius 2 is 1.92 bits per heavy atom. The van der Waals surface area contributed by atoms with Gasteiger partial charge in [-0.05, 0) is 22.0 Å². The summed E-state index contributed by atoms with van der Waals surface area (Å²) in [4.78, 5) is 3.69. The molecule has 0 bridgehead atoms. The molecule has 0 saturated heterocycles. The lowest BCUT2D eigenvalue weighted by Gasteiger charge is -1.87. The smallest absolute Gasteiger partial charge is 0.261 e. The number of aromatic nitrogens is 1. The lowest BCUT2D eigenvalue weighted by atomic mass is 10.5. The summed E-state index contributed by atoms with van der Waals surface area (Å²) < 4.78 is 26.7. The van der Waals surface area contributed by atoms with Gasteiger partial charge in [-0.25, -0.2) is 0 Å². The average molecular weight is 270 g/mol. The number of nitrogens with zero attached hydrogens (tertiary/aromatic N) is 1. The molecular formula is C6H8BrNO4S. The summed E-state index contributed by atoms with van der Waals surface area (Å²) in [5.41, 5.74) is 0. The summed E-state index contributed by atoms with van der Waals surface area (Å²) in [5, 5.41) is 8.72. The second kappa shape index (κ2) is 5.15. The Bertz CT molecular complexity index is 339. The van der Waals surface area contributed by atoms with E-state index in [0.29, 0.717) is 6.26 Å². The molecule has 0 saturated carbocycles. The molecule has 5 nitrogen and oxygen atoms in total. The van der Waals surface area contributed by atoms with Crippen LogP contribution in [0.3, 0.4) is 0 Å². The van der Waals surface area contributed by atoms with Crippen LogP contribution < -0.4 is 0 Å².